The van der Waals surface area contributed by atoms with Gasteiger partial charge in [-0.25, -0.2) is 4.39 Å². The van der Waals surface area contributed by atoms with Gasteiger partial charge in [0.1, 0.15) is 0 Å². The van der Waals surface area contributed by atoms with E-state index in [0.717, 1.165) is 0 Å². The summed E-state index contributed by atoms with van der Waals surface area (Å²) in [7, 11) is 0. The molecule has 0 radical (unpaired) electrons. The van der Waals surface area contributed by atoms with Crippen molar-refractivity contribution in [1.29, 1.82) is 0 Å². The third-order valence-corrected chi connectivity index (χ3v) is 5.16. The number of pyridine rings is 1. The molecule has 0 saturated carbocycles. The van der Waals surface area contributed by atoms with Gasteiger partial charge in [-0.15, -0.1) is 0 Å². The number of fused-ring (bicyclic) bond motifs is 1. The van der Waals surface area contributed by atoms with Gasteiger partial charge in [-0.2, -0.15) is 0 Å². The summed E-state index contributed by atoms with van der Waals surface area (Å²) in [6.07, 6.45) is 1.00. The highest BCUT2D eigenvalue weighted by atomic mass is 35.5. The molecule has 24 heavy (non-hydrogen) atoms. The van der Waals surface area contributed by atoms with E-state index in [1.165, 1.54) is 12.3 Å². The van der Waals surface area contributed by atoms with Gasteiger partial charge in [0, 0.05) is 28.2 Å². The van der Waals surface area contributed by atoms with E-state index in [1.54, 1.807) is 24.3 Å². The van der Waals surface area contributed by atoms with Crippen LogP contribution < -0.4 is 0 Å². The Morgan fingerprint density at radius 3 is 2.71 bits per heavy atom. The lowest BCUT2D eigenvalue weighted by Crippen LogP contribution is -2.36. The fourth-order valence-electron chi connectivity index (χ4n) is 3.12. The highest BCUT2D eigenvalue weighted by molar-refractivity contribution is 6.36. The number of hydrogen-bond acceptors (Lipinski definition) is 3. The van der Waals surface area contributed by atoms with Crippen LogP contribution in [0.2, 0.25) is 10.0 Å². The van der Waals surface area contributed by atoms with E-state index in [-0.39, 0.29) is 36.9 Å². The average Bonchev–Trinajstić information content (AvgIpc) is 2.58. The van der Waals surface area contributed by atoms with Gasteiger partial charge < -0.3 is 5.11 Å². The van der Waals surface area contributed by atoms with Gasteiger partial charge in [0.05, 0.1) is 11.8 Å². The predicted octanol–water partition coefficient (Wildman–Crippen LogP) is 4.58. The molecular formula is C18H16Cl2FNO2. The SMILES string of the molecule is O=C(CCc1c(Cl)cccc1Cl)[C@@]1(F)CC[C@@H](O)c2ncccc21. The average molecular weight is 368 g/mol. The number of Topliss-reactive ketones (excluding diaryl/α,β-unsaturated/α-hetero) is 1. The number of aliphatic hydroxyl groups excluding tert-OH is 1. The molecule has 1 aromatic carbocycles. The summed E-state index contributed by atoms with van der Waals surface area (Å²) in [6.45, 7) is 0. The first-order chi connectivity index (χ1) is 11.4. The molecule has 1 aliphatic rings. The van der Waals surface area contributed by atoms with Crippen molar-refractivity contribution in [1.82, 2.24) is 4.98 Å². The minimum atomic E-state index is -2.13. The maximum atomic E-state index is 15.5. The second-order valence-corrected chi connectivity index (χ2v) is 6.73. The summed E-state index contributed by atoms with van der Waals surface area (Å²) in [4.78, 5) is 16.7. The molecular weight excluding hydrogens is 352 g/mol. The fraction of sp³-hybridized carbons (Fsp3) is 0.333. The quantitative estimate of drug-likeness (QED) is 0.859. The van der Waals surface area contributed by atoms with Gasteiger partial charge in [0.15, 0.2) is 11.5 Å². The molecule has 0 bridgehead atoms. The molecule has 1 aromatic heterocycles. The van der Waals surface area contributed by atoms with E-state index in [0.29, 0.717) is 15.6 Å². The van der Waals surface area contributed by atoms with Crippen LogP contribution in [0.25, 0.3) is 0 Å². The monoisotopic (exact) mass is 367 g/mol. The van der Waals surface area contributed by atoms with Crippen LogP contribution in [-0.2, 0) is 16.9 Å². The van der Waals surface area contributed by atoms with Gasteiger partial charge in [0.25, 0.3) is 0 Å². The number of aliphatic hydroxyl groups is 1. The molecule has 0 unspecified atom stereocenters. The highest BCUT2D eigenvalue weighted by Crippen LogP contribution is 2.43. The highest BCUT2D eigenvalue weighted by Gasteiger charge is 2.45. The Balaban J connectivity index is 1.84. The zero-order valence-electron chi connectivity index (χ0n) is 12.8. The van der Waals surface area contributed by atoms with Crippen LogP contribution in [0.5, 0.6) is 0 Å². The van der Waals surface area contributed by atoms with Crippen LogP contribution in [-0.4, -0.2) is 15.9 Å². The van der Waals surface area contributed by atoms with Crippen molar-refractivity contribution < 1.29 is 14.3 Å². The van der Waals surface area contributed by atoms with Crippen LogP contribution in [0.3, 0.4) is 0 Å². The largest absolute Gasteiger partial charge is 0.387 e. The number of hydrogen-bond donors (Lipinski definition) is 1. The lowest BCUT2D eigenvalue weighted by molar-refractivity contribution is -0.133. The van der Waals surface area contributed by atoms with Crippen LogP contribution in [0.15, 0.2) is 36.5 Å². The Morgan fingerprint density at radius 1 is 1.29 bits per heavy atom. The summed E-state index contributed by atoms with van der Waals surface area (Å²) in [6, 6.07) is 8.19. The molecule has 1 N–H and O–H groups in total. The first kappa shape index (κ1) is 17.3. The third-order valence-electron chi connectivity index (χ3n) is 4.45. The fourth-order valence-corrected chi connectivity index (χ4v) is 3.71. The van der Waals surface area contributed by atoms with E-state index in [4.69, 9.17) is 23.2 Å². The van der Waals surface area contributed by atoms with E-state index in [9.17, 15) is 9.90 Å². The normalized spacial score (nSPS) is 22.9. The number of alkyl halides is 1. The van der Waals surface area contributed by atoms with Crippen molar-refractivity contribution in [3.05, 3.63) is 63.4 Å². The predicted molar refractivity (Wildman–Crippen MR) is 91.0 cm³/mol. The third kappa shape index (κ3) is 3.06. The topological polar surface area (TPSA) is 50.2 Å². The molecule has 0 aliphatic heterocycles. The lowest BCUT2D eigenvalue weighted by atomic mass is 9.77. The van der Waals surface area contributed by atoms with Crippen molar-refractivity contribution in [3.8, 4) is 0 Å². The number of nitrogens with zero attached hydrogens (tertiary/aromatic N) is 1. The minimum absolute atomic E-state index is 0.0234. The molecule has 1 aliphatic carbocycles. The van der Waals surface area contributed by atoms with Crippen LogP contribution >= 0.6 is 23.2 Å². The first-order valence-corrected chi connectivity index (χ1v) is 8.47. The van der Waals surface area contributed by atoms with E-state index >= 15 is 4.39 Å². The van der Waals surface area contributed by atoms with Crippen LogP contribution in [0.1, 0.15) is 42.2 Å². The molecule has 1 heterocycles. The van der Waals surface area contributed by atoms with Crippen molar-refractivity contribution in [2.24, 2.45) is 0 Å². The Morgan fingerprint density at radius 2 is 2.00 bits per heavy atom. The number of aromatic nitrogens is 1. The summed E-state index contributed by atoms with van der Waals surface area (Å²) >= 11 is 12.2. The molecule has 6 heteroatoms. The number of benzene rings is 1. The van der Waals surface area contributed by atoms with E-state index in [2.05, 4.69) is 4.98 Å². The second-order valence-electron chi connectivity index (χ2n) is 5.92. The molecule has 0 saturated heterocycles. The molecule has 0 amide bonds. The Bertz CT molecular complexity index is 763. The summed E-state index contributed by atoms with van der Waals surface area (Å²) in [5.41, 5.74) is -1.08. The summed E-state index contributed by atoms with van der Waals surface area (Å²) in [5.74, 6) is -0.542. The number of carbonyl (C=O) groups excluding carboxylic acids is 1. The molecule has 3 rings (SSSR count). The number of rotatable bonds is 4. The van der Waals surface area contributed by atoms with Gasteiger partial charge in [-0.05, 0) is 43.0 Å². The van der Waals surface area contributed by atoms with Crippen molar-refractivity contribution in [2.75, 3.05) is 0 Å². The second kappa shape index (κ2) is 6.79. The number of ketones is 1. The molecule has 0 spiro atoms. The number of halogens is 3. The Labute approximate surface area is 149 Å². The van der Waals surface area contributed by atoms with Gasteiger partial charge in [0.2, 0.25) is 0 Å². The number of carbonyl (C=O) groups is 1. The van der Waals surface area contributed by atoms with Crippen LogP contribution in [0.4, 0.5) is 4.39 Å². The smallest absolute Gasteiger partial charge is 0.195 e. The summed E-state index contributed by atoms with van der Waals surface area (Å²) < 4.78 is 15.5. The lowest BCUT2D eigenvalue weighted by Gasteiger charge is -2.32. The summed E-state index contributed by atoms with van der Waals surface area (Å²) in [5, 5.41) is 10.9. The molecule has 2 atom stereocenters. The Kier molecular flexibility index (Phi) is 4.90. The molecule has 3 nitrogen and oxygen atoms in total. The van der Waals surface area contributed by atoms with Gasteiger partial charge >= 0.3 is 0 Å². The van der Waals surface area contributed by atoms with Crippen molar-refractivity contribution in [2.45, 2.75) is 37.5 Å². The zero-order valence-corrected chi connectivity index (χ0v) is 14.3. The van der Waals surface area contributed by atoms with E-state index < -0.39 is 17.6 Å². The van der Waals surface area contributed by atoms with Gasteiger partial charge in [-0.1, -0.05) is 35.3 Å². The zero-order chi connectivity index (χ0) is 17.3. The van der Waals surface area contributed by atoms with E-state index in [1.807, 2.05) is 0 Å². The maximum Gasteiger partial charge on any atom is 0.195 e. The molecule has 0 fully saturated rings. The van der Waals surface area contributed by atoms with Crippen molar-refractivity contribution in [3.63, 3.8) is 0 Å². The van der Waals surface area contributed by atoms with Gasteiger partial charge in [-0.3, -0.25) is 9.78 Å². The minimum Gasteiger partial charge on any atom is -0.387 e. The van der Waals surface area contributed by atoms with Crippen LogP contribution in [0, 0.1) is 0 Å². The molecule has 126 valence electrons. The Hall–Kier alpha value is -1.49. The first-order valence-electron chi connectivity index (χ1n) is 7.72. The van der Waals surface area contributed by atoms with Crippen molar-refractivity contribution >= 4 is 29.0 Å². The maximum absolute atomic E-state index is 15.5. The molecule has 2 aromatic rings. The standard InChI is InChI=1S/C18H16Cl2FNO2/c19-13-4-1-5-14(20)11(13)6-7-16(24)18(21)9-8-15(23)17-12(18)3-2-10-22-17/h1-5,10,15,23H,6-9H2/t15-,18-/m1/s1.